The highest BCUT2D eigenvalue weighted by Gasteiger charge is 2.52. The van der Waals surface area contributed by atoms with Crippen molar-refractivity contribution in [3.8, 4) is 5.75 Å². The molecule has 1 atom stereocenters. The van der Waals surface area contributed by atoms with Gasteiger partial charge in [0.2, 0.25) is 0 Å². The van der Waals surface area contributed by atoms with E-state index in [9.17, 15) is 24.6 Å². The van der Waals surface area contributed by atoms with Crippen molar-refractivity contribution >= 4 is 28.6 Å². The van der Waals surface area contributed by atoms with E-state index in [0.717, 1.165) is 5.56 Å². The molecular weight excluding hydrogens is 410 g/mol. The number of aromatic hydroxyl groups is 1. The van der Waals surface area contributed by atoms with Gasteiger partial charge < -0.3 is 14.9 Å². The van der Waals surface area contributed by atoms with Crippen LogP contribution in [0.4, 0.5) is 4.79 Å². The normalized spacial score (nSPS) is 17.9. The average molecular weight is 433 g/mol. The fraction of sp³-hybridized carbons (Fsp3) is 0.240. The highest BCUT2D eigenvalue weighted by Crippen LogP contribution is 2.35. The van der Waals surface area contributed by atoms with Crippen molar-refractivity contribution in [3.63, 3.8) is 0 Å². The molecule has 1 heterocycles. The predicted molar refractivity (Wildman–Crippen MR) is 117 cm³/mol. The van der Waals surface area contributed by atoms with Crippen LogP contribution in [0.15, 0.2) is 66.7 Å². The first-order valence-corrected chi connectivity index (χ1v) is 10.4. The van der Waals surface area contributed by atoms with Crippen LogP contribution in [0.5, 0.6) is 5.75 Å². The molecule has 0 bridgehead atoms. The van der Waals surface area contributed by atoms with Gasteiger partial charge in [-0.1, -0.05) is 48.5 Å². The minimum atomic E-state index is -1.65. The van der Waals surface area contributed by atoms with Gasteiger partial charge >= 0.3 is 12.1 Å². The minimum Gasteiger partial charge on any atom is -0.507 e. The highest BCUT2D eigenvalue weighted by molar-refractivity contribution is 6.04. The lowest BCUT2D eigenvalue weighted by Crippen LogP contribution is -2.54. The Bertz CT molecular complexity index is 1180. The third kappa shape index (κ3) is 4.01. The Morgan fingerprint density at radius 1 is 1.00 bits per heavy atom. The van der Waals surface area contributed by atoms with E-state index in [1.807, 2.05) is 30.3 Å². The maximum atomic E-state index is 13.1. The van der Waals surface area contributed by atoms with Crippen molar-refractivity contribution in [2.45, 2.75) is 31.4 Å². The van der Waals surface area contributed by atoms with Crippen molar-refractivity contribution in [1.29, 1.82) is 0 Å². The molecule has 4 rings (SSSR count). The van der Waals surface area contributed by atoms with Crippen molar-refractivity contribution in [3.05, 3.63) is 77.9 Å². The van der Waals surface area contributed by atoms with Gasteiger partial charge in [0, 0.05) is 23.9 Å². The number of ketones is 1. The molecule has 1 aliphatic rings. The molecule has 1 fully saturated rings. The Hall–Kier alpha value is -3.87. The van der Waals surface area contributed by atoms with Gasteiger partial charge in [-0.05, 0) is 42.0 Å². The molecule has 7 heteroatoms. The number of carbonyl (C=O) groups excluding carboxylic acids is 2. The molecule has 7 nitrogen and oxygen atoms in total. The van der Waals surface area contributed by atoms with Crippen molar-refractivity contribution in [1.82, 2.24) is 4.90 Å². The molecule has 0 aliphatic carbocycles. The molecule has 32 heavy (non-hydrogen) atoms. The van der Waals surface area contributed by atoms with Crippen molar-refractivity contribution in [2.24, 2.45) is 0 Å². The third-order valence-electron chi connectivity index (χ3n) is 5.94. The van der Waals surface area contributed by atoms with Crippen LogP contribution in [0, 0.1) is 0 Å². The van der Waals surface area contributed by atoms with Gasteiger partial charge in [0.15, 0.2) is 11.3 Å². The van der Waals surface area contributed by atoms with Crippen LogP contribution in [-0.4, -0.2) is 45.0 Å². The van der Waals surface area contributed by atoms with Gasteiger partial charge in [0.25, 0.3) is 0 Å². The number of amides is 1. The molecule has 1 saturated heterocycles. The van der Waals surface area contributed by atoms with E-state index in [4.69, 9.17) is 4.74 Å². The number of carboxylic acids is 1. The van der Waals surface area contributed by atoms with Crippen LogP contribution in [0.25, 0.3) is 10.8 Å². The fourth-order valence-corrected chi connectivity index (χ4v) is 4.23. The second-order valence-electron chi connectivity index (χ2n) is 7.95. The quantitative estimate of drug-likeness (QED) is 0.559. The second kappa shape index (κ2) is 8.70. The molecule has 0 saturated carbocycles. The van der Waals surface area contributed by atoms with Crippen LogP contribution in [0.2, 0.25) is 0 Å². The number of nitrogens with zero attached hydrogens (tertiary/aromatic N) is 1. The van der Waals surface area contributed by atoms with Gasteiger partial charge in [-0.2, -0.15) is 0 Å². The zero-order valence-electron chi connectivity index (χ0n) is 17.4. The number of carboxylic acid groups (broad SMARTS) is 1. The summed E-state index contributed by atoms with van der Waals surface area (Å²) in [5, 5.41) is 21.3. The molecule has 0 radical (unpaired) electrons. The molecule has 2 N–H and O–H groups in total. The molecule has 1 aliphatic heterocycles. The zero-order chi connectivity index (χ0) is 22.7. The summed E-state index contributed by atoms with van der Waals surface area (Å²) in [6, 6.07) is 18.9. The lowest BCUT2D eigenvalue weighted by atomic mass is 9.87. The Kier molecular flexibility index (Phi) is 5.81. The summed E-state index contributed by atoms with van der Waals surface area (Å²) < 4.78 is 5.36. The van der Waals surface area contributed by atoms with Crippen LogP contribution in [0.1, 0.15) is 35.2 Å². The molecule has 1 amide bonds. The molecule has 0 aromatic heterocycles. The summed E-state index contributed by atoms with van der Waals surface area (Å²) in [5.74, 6) is -1.51. The predicted octanol–water partition coefficient (Wildman–Crippen LogP) is 4.37. The number of Topliss-reactive ketones (excluding diaryl/α,β-unsaturated/α-hetero) is 1. The van der Waals surface area contributed by atoms with Crippen LogP contribution >= 0.6 is 0 Å². The molecular formula is C25H23NO6. The first kappa shape index (κ1) is 21.4. The molecule has 3 aromatic carbocycles. The summed E-state index contributed by atoms with van der Waals surface area (Å²) in [6.07, 6.45) is -0.466. The smallest absolute Gasteiger partial charge is 0.411 e. The van der Waals surface area contributed by atoms with E-state index < -0.39 is 17.6 Å². The maximum absolute atomic E-state index is 13.1. The van der Waals surface area contributed by atoms with Crippen LogP contribution in [-0.2, 0) is 16.1 Å². The lowest BCUT2D eigenvalue weighted by molar-refractivity contribution is -0.148. The van der Waals surface area contributed by atoms with Crippen molar-refractivity contribution in [2.75, 3.05) is 6.54 Å². The fourth-order valence-electron chi connectivity index (χ4n) is 4.23. The standard InChI is InChI=1S/C25H23NO6/c27-21-9-4-8-18-14-19(10-11-20(18)21)22(28)15-25(23(29)30)12-5-13-26(25)24(31)32-16-17-6-2-1-3-7-17/h1-4,6-11,14,27H,5,12-13,15-16H2,(H,29,30). The highest BCUT2D eigenvalue weighted by atomic mass is 16.6. The maximum Gasteiger partial charge on any atom is 0.411 e. The van der Waals surface area contributed by atoms with E-state index in [-0.39, 0.29) is 37.5 Å². The number of phenolic OH excluding ortho intramolecular Hbond substituents is 1. The van der Waals surface area contributed by atoms with Gasteiger partial charge in [-0.25, -0.2) is 9.59 Å². The Morgan fingerprint density at radius 3 is 2.53 bits per heavy atom. The third-order valence-corrected chi connectivity index (χ3v) is 5.94. The molecule has 3 aromatic rings. The van der Waals surface area contributed by atoms with Crippen molar-refractivity contribution < 1.29 is 29.3 Å². The van der Waals surface area contributed by atoms with E-state index in [0.29, 0.717) is 22.8 Å². The number of likely N-dealkylation sites (tertiary alicyclic amines) is 1. The average Bonchev–Trinajstić information content (AvgIpc) is 3.23. The SMILES string of the molecule is O=C(CC1(C(=O)O)CCCN1C(=O)OCc1ccccc1)c1ccc2c(O)cccc2c1. The van der Waals surface area contributed by atoms with Gasteiger partial charge in [0.05, 0.1) is 0 Å². The number of phenols is 1. The topological polar surface area (TPSA) is 104 Å². The Morgan fingerprint density at radius 2 is 1.78 bits per heavy atom. The van der Waals surface area contributed by atoms with Gasteiger partial charge in [0.1, 0.15) is 12.4 Å². The van der Waals surface area contributed by atoms with E-state index in [1.54, 1.807) is 36.4 Å². The lowest BCUT2D eigenvalue weighted by Gasteiger charge is -2.33. The largest absolute Gasteiger partial charge is 0.507 e. The molecule has 0 spiro atoms. The summed E-state index contributed by atoms with van der Waals surface area (Å²) in [6.45, 7) is 0.229. The summed E-state index contributed by atoms with van der Waals surface area (Å²) in [4.78, 5) is 39.3. The van der Waals surface area contributed by atoms with E-state index >= 15 is 0 Å². The Labute approximate surface area is 184 Å². The number of hydrogen-bond donors (Lipinski definition) is 2. The molecule has 1 unspecified atom stereocenters. The minimum absolute atomic E-state index is 0.0218. The number of aliphatic carboxylic acids is 1. The number of hydrogen-bond acceptors (Lipinski definition) is 5. The number of fused-ring (bicyclic) bond motifs is 1. The first-order chi connectivity index (χ1) is 15.4. The summed E-state index contributed by atoms with van der Waals surface area (Å²) in [5.41, 5.74) is -0.539. The number of benzene rings is 3. The number of carbonyl (C=O) groups is 3. The zero-order valence-corrected chi connectivity index (χ0v) is 17.4. The Balaban J connectivity index is 1.55. The van der Waals surface area contributed by atoms with E-state index in [1.165, 1.54) is 4.90 Å². The second-order valence-corrected chi connectivity index (χ2v) is 7.95. The van der Waals surface area contributed by atoms with Gasteiger partial charge in [-0.15, -0.1) is 0 Å². The first-order valence-electron chi connectivity index (χ1n) is 10.4. The van der Waals surface area contributed by atoms with Crippen LogP contribution in [0.3, 0.4) is 0 Å². The molecule has 164 valence electrons. The van der Waals surface area contributed by atoms with Crippen LogP contribution < -0.4 is 0 Å². The van der Waals surface area contributed by atoms with Gasteiger partial charge in [-0.3, -0.25) is 9.69 Å². The monoisotopic (exact) mass is 433 g/mol. The summed E-state index contributed by atoms with van der Waals surface area (Å²) in [7, 11) is 0. The number of ether oxygens (including phenoxy) is 1. The number of rotatable bonds is 6. The summed E-state index contributed by atoms with van der Waals surface area (Å²) >= 11 is 0. The van der Waals surface area contributed by atoms with E-state index in [2.05, 4.69) is 0 Å².